The number of hydrogen-bond donors (Lipinski definition) is 0. The fourth-order valence-corrected chi connectivity index (χ4v) is 1.82. The Balaban J connectivity index is 4.24. The summed E-state index contributed by atoms with van der Waals surface area (Å²) in [5, 5.41) is 0. The van der Waals surface area contributed by atoms with E-state index in [2.05, 4.69) is 20.8 Å². The second-order valence-electron chi connectivity index (χ2n) is 7.03. The highest BCUT2D eigenvalue weighted by atomic mass is 16.5. The molecule has 0 saturated heterocycles. The monoisotopic (exact) mass is 242 g/mol. The van der Waals surface area contributed by atoms with Crippen LogP contribution in [0.5, 0.6) is 0 Å². The largest absolute Gasteiger partial charge is 0.378 e. The van der Waals surface area contributed by atoms with E-state index in [-0.39, 0.29) is 16.9 Å². The van der Waals surface area contributed by atoms with Gasteiger partial charge in [-0.15, -0.1) is 0 Å². The molecule has 0 N–H and O–H groups in total. The lowest BCUT2D eigenvalue weighted by Crippen LogP contribution is -2.36. The third kappa shape index (κ3) is 5.67. The summed E-state index contributed by atoms with van der Waals surface area (Å²) in [7, 11) is 0. The van der Waals surface area contributed by atoms with Crippen molar-refractivity contribution in [2.75, 3.05) is 6.61 Å². The van der Waals surface area contributed by atoms with E-state index in [1.165, 1.54) is 0 Å². The number of carbonyl (C=O) groups excluding carboxylic acids is 1. The summed E-state index contributed by atoms with van der Waals surface area (Å²) in [6.07, 6.45) is 1.05. The molecule has 0 bridgehead atoms. The number of ether oxygens (including phenoxy) is 1. The lowest BCUT2D eigenvalue weighted by Gasteiger charge is -2.31. The zero-order chi connectivity index (χ0) is 13.9. The molecular formula is C15H30O2. The summed E-state index contributed by atoms with van der Waals surface area (Å²) in [6.45, 7) is 17.0. The van der Waals surface area contributed by atoms with Gasteiger partial charge in [-0.05, 0) is 19.3 Å². The van der Waals surface area contributed by atoms with E-state index in [4.69, 9.17) is 4.74 Å². The van der Waals surface area contributed by atoms with Crippen molar-refractivity contribution < 1.29 is 9.53 Å². The number of carbonyl (C=O) groups is 1. The van der Waals surface area contributed by atoms with E-state index in [1.807, 2.05) is 34.6 Å². The molecule has 1 atom stereocenters. The van der Waals surface area contributed by atoms with Crippen LogP contribution in [0.25, 0.3) is 0 Å². The maximum absolute atomic E-state index is 12.2. The van der Waals surface area contributed by atoms with Crippen molar-refractivity contribution in [2.45, 2.75) is 67.9 Å². The third-order valence-corrected chi connectivity index (χ3v) is 3.34. The van der Waals surface area contributed by atoms with Gasteiger partial charge < -0.3 is 4.74 Å². The summed E-state index contributed by atoms with van der Waals surface area (Å²) < 4.78 is 5.75. The molecular weight excluding hydrogens is 212 g/mol. The molecule has 0 aliphatic rings. The van der Waals surface area contributed by atoms with Crippen LogP contribution in [0, 0.1) is 16.7 Å². The molecule has 0 aliphatic heterocycles. The fourth-order valence-electron chi connectivity index (χ4n) is 1.82. The maximum atomic E-state index is 12.2. The predicted octanol–water partition coefficient (Wildman–Crippen LogP) is 4.08. The van der Waals surface area contributed by atoms with E-state index in [9.17, 15) is 4.79 Å². The summed E-state index contributed by atoms with van der Waals surface area (Å²) >= 11 is 0. The molecule has 2 heteroatoms. The van der Waals surface area contributed by atoms with Gasteiger partial charge in [0.2, 0.25) is 0 Å². The lowest BCUT2D eigenvalue weighted by atomic mass is 9.73. The number of hydrogen-bond acceptors (Lipinski definition) is 2. The molecule has 0 radical (unpaired) electrons. The molecule has 0 saturated carbocycles. The van der Waals surface area contributed by atoms with Crippen molar-refractivity contribution in [2.24, 2.45) is 16.7 Å². The Bertz CT molecular complexity index is 246. The standard InChI is InChI=1S/C15H30O2/c1-11(2)12(3)17-10-9-15(7,8)13(16)14(4,5)6/h11-12H,9-10H2,1-8H3. The molecule has 0 aromatic rings. The van der Waals surface area contributed by atoms with Crippen LogP contribution in [0.3, 0.4) is 0 Å². The van der Waals surface area contributed by atoms with Crippen molar-refractivity contribution >= 4 is 5.78 Å². The van der Waals surface area contributed by atoms with Crippen molar-refractivity contribution in [3.05, 3.63) is 0 Å². The minimum Gasteiger partial charge on any atom is -0.378 e. The summed E-state index contributed by atoms with van der Waals surface area (Å²) in [5.74, 6) is 0.835. The van der Waals surface area contributed by atoms with E-state index in [1.54, 1.807) is 0 Å². The Morgan fingerprint density at radius 2 is 1.53 bits per heavy atom. The summed E-state index contributed by atoms with van der Waals surface area (Å²) in [6, 6.07) is 0. The molecule has 1 unspecified atom stereocenters. The highest BCUT2D eigenvalue weighted by Crippen LogP contribution is 2.32. The zero-order valence-electron chi connectivity index (χ0n) is 12.9. The van der Waals surface area contributed by atoms with E-state index < -0.39 is 0 Å². The van der Waals surface area contributed by atoms with Gasteiger partial charge in [0, 0.05) is 17.4 Å². The van der Waals surface area contributed by atoms with E-state index >= 15 is 0 Å². The molecule has 0 spiro atoms. The van der Waals surface area contributed by atoms with Crippen molar-refractivity contribution in [1.82, 2.24) is 0 Å². The van der Waals surface area contributed by atoms with Gasteiger partial charge in [0.05, 0.1) is 6.10 Å². The van der Waals surface area contributed by atoms with Gasteiger partial charge in [-0.2, -0.15) is 0 Å². The van der Waals surface area contributed by atoms with Crippen LogP contribution in [0.4, 0.5) is 0 Å². The van der Waals surface area contributed by atoms with Gasteiger partial charge in [-0.25, -0.2) is 0 Å². The van der Waals surface area contributed by atoms with Gasteiger partial charge in [0.25, 0.3) is 0 Å². The average molecular weight is 242 g/mol. The quantitative estimate of drug-likeness (QED) is 0.701. The van der Waals surface area contributed by atoms with E-state index in [0.717, 1.165) is 6.42 Å². The Morgan fingerprint density at radius 1 is 1.06 bits per heavy atom. The van der Waals surface area contributed by atoms with E-state index in [0.29, 0.717) is 18.3 Å². The molecule has 0 aliphatic carbocycles. The van der Waals surface area contributed by atoms with Gasteiger partial charge in [0.15, 0.2) is 0 Å². The molecule has 0 amide bonds. The Hall–Kier alpha value is -0.370. The normalized spacial score (nSPS) is 15.1. The predicted molar refractivity (Wildman–Crippen MR) is 73.1 cm³/mol. The third-order valence-electron chi connectivity index (χ3n) is 3.34. The first-order valence-corrected chi connectivity index (χ1v) is 6.65. The first-order valence-electron chi connectivity index (χ1n) is 6.65. The van der Waals surface area contributed by atoms with Crippen molar-refractivity contribution in [1.29, 1.82) is 0 Å². The smallest absolute Gasteiger partial charge is 0.143 e. The number of Topliss-reactive ketones (excluding diaryl/α,β-unsaturated/α-hetero) is 1. The first-order chi connectivity index (χ1) is 7.48. The van der Waals surface area contributed by atoms with Crippen LogP contribution in [0.2, 0.25) is 0 Å². The topological polar surface area (TPSA) is 26.3 Å². The minimum absolute atomic E-state index is 0.260. The van der Waals surface area contributed by atoms with Gasteiger partial charge in [-0.1, -0.05) is 48.5 Å². The molecule has 0 rings (SSSR count). The summed E-state index contributed by atoms with van der Waals surface area (Å²) in [4.78, 5) is 12.2. The number of rotatable bonds is 6. The molecule has 2 nitrogen and oxygen atoms in total. The summed E-state index contributed by atoms with van der Waals surface area (Å²) in [5.41, 5.74) is -0.567. The minimum atomic E-state index is -0.297. The number of ketones is 1. The van der Waals surface area contributed by atoms with Gasteiger partial charge >= 0.3 is 0 Å². The second-order valence-corrected chi connectivity index (χ2v) is 7.03. The first kappa shape index (κ1) is 16.6. The van der Waals surface area contributed by atoms with Gasteiger partial charge in [-0.3, -0.25) is 4.79 Å². The van der Waals surface area contributed by atoms with Crippen LogP contribution in [-0.4, -0.2) is 18.5 Å². The van der Waals surface area contributed by atoms with Crippen LogP contribution >= 0.6 is 0 Å². The van der Waals surface area contributed by atoms with Crippen molar-refractivity contribution in [3.63, 3.8) is 0 Å². The SMILES string of the molecule is CC(C)C(C)OCCC(C)(C)C(=O)C(C)(C)C. The molecule has 17 heavy (non-hydrogen) atoms. The lowest BCUT2D eigenvalue weighted by molar-refractivity contribution is -0.136. The molecule has 0 fully saturated rings. The molecule has 0 aromatic carbocycles. The molecule has 0 aromatic heterocycles. The Morgan fingerprint density at radius 3 is 1.88 bits per heavy atom. The highest BCUT2D eigenvalue weighted by Gasteiger charge is 2.35. The average Bonchev–Trinajstić information content (AvgIpc) is 2.14. The molecule has 102 valence electrons. The van der Waals surface area contributed by atoms with Crippen molar-refractivity contribution in [3.8, 4) is 0 Å². The maximum Gasteiger partial charge on any atom is 0.143 e. The van der Waals surface area contributed by atoms with Crippen LogP contribution in [-0.2, 0) is 9.53 Å². The fraction of sp³-hybridized carbons (Fsp3) is 0.933. The molecule has 0 heterocycles. The highest BCUT2D eigenvalue weighted by molar-refractivity contribution is 5.88. The van der Waals surface area contributed by atoms with Crippen LogP contribution in [0.1, 0.15) is 61.8 Å². The Labute approximate surface area is 107 Å². The van der Waals surface area contributed by atoms with Crippen LogP contribution < -0.4 is 0 Å². The zero-order valence-corrected chi connectivity index (χ0v) is 12.9. The van der Waals surface area contributed by atoms with Crippen LogP contribution in [0.15, 0.2) is 0 Å². The van der Waals surface area contributed by atoms with Gasteiger partial charge in [0.1, 0.15) is 5.78 Å². The Kier molecular flexibility index (Phi) is 5.86. The second kappa shape index (κ2) is 5.99.